The number of nitrogens with zero attached hydrogens (tertiary/aromatic N) is 4. The number of benzene rings is 4. The highest BCUT2D eigenvalue weighted by Gasteiger charge is 2.24. The van der Waals surface area contributed by atoms with Crippen LogP contribution in [0.1, 0.15) is 62.6 Å². The van der Waals surface area contributed by atoms with Gasteiger partial charge in [0, 0.05) is 84.5 Å². The van der Waals surface area contributed by atoms with Crippen LogP contribution in [0.25, 0.3) is 11.1 Å². The SMILES string of the molecule is C/N=C/c1cncc(COc2cc(OCc3cccc(-c4cccc(COc5cc(OCc6cncc(C#N)c6)c(CO)cc5Cl)c4C)c3C)c(Cl)cc2CN[C@H](C(=O)O)[C@@H](C)O)c1. The van der Waals surface area contributed by atoms with E-state index in [1.165, 1.54) is 13.1 Å². The van der Waals surface area contributed by atoms with Crippen molar-refractivity contribution in [1.29, 1.82) is 5.26 Å². The van der Waals surface area contributed by atoms with Gasteiger partial charge in [-0.05, 0) is 78.4 Å². The predicted octanol–water partition coefficient (Wildman–Crippen LogP) is 8.72. The molecule has 0 amide bonds. The molecule has 13 nitrogen and oxygen atoms in total. The number of aliphatic imine (C=N–C) groups is 1. The second kappa shape index (κ2) is 22.2. The van der Waals surface area contributed by atoms with E-state index in [1.54, 1.807) is 62.2 Å². The monoisotopic (exact) mass is 903 g/mol. The van der Waals surface area contributed by atoms with Crippen LogP contribution in [0.2, 0.25) is 10.0 Å². The molecule has 6 aromatic rings. The maximum absolute atomic E-state index is 11.8. The minimum absolute atomic E-state index is 0.0412. The molecule has 15 heteroatoms. The Morgan fingerprint density at radius 2 is 1.30 bits per heavy atom. The number of aliphatic hydroxyl groups excluding tert-OH is 2. The van der Waals surface area contributed by atoms with Gasteiger partial charge in [0.25, 0.3) is 0 Å². The van der Waals surface area contributed by atoms with Crippen LogP contribution in [-0.2, 0) is 44.4 Å². The summed E-state index contributed by atoms with van der Waals surface area (Å²) in [5.41, 5.74) is 9.62. The third-order valence-corrected chi connectivity index (χ3v) is 11.0. The molecule has 64 heavy (non-hydrogen) atoms. The Bertz CT molecular complexity index is 2690. The summed E-state index contributed by atoms with van der Waals surface area (Å²) in [7, 11) is 1.68. The number of aliphatic carboxylic acids is 1. The summed E-state index contributed by atoms with van der Waals surface area (Å²) in [6, 6.07) is 23.1. The van der Waals surface area contributed by atoms with E-state index in [1.807, 2.05) is 44.2 Å². The van der Waals surface area contributed by atoms with Gasteiger partial charge < -0.3 is 34.3 Å². The van der Waals surface area contributed by atoms with Gasteiger partial charge in [0.05, 0.1) is 28.3 Å². The van der Waals surface area contributed by atoms with Crippen molar-refractivity contribution >= 4 is 35.4 Å². The molecule has 4 aromatic carbocycles. The quantitative estimate of drug-likeness (QED) is 0.0535. The summed E-state index contributed by atoms with van der Waals surface area (Å²) >= 11 is 13.4. The molecule has 0 radical (unpaired) electrons. The summed E-state index contributed by atoms with van der Waals surface area (Å²) in [5.74, 6) is 0.353. The smallest absolute Gasteiger partial charge is 0.323 e. The number of pyridine rings is 2. The van der Waals surface area contributed by atoms with Gasteiger partial charge >= 0.3 is 5.97 Å². The molecular weight excluding hydrogens is 857 g/mol. The standard InChI is InChI=1S/C49H47Cl2N5O8/c1-29-36(27-63-46-15-44(61-26-35-12-33(18-53-4)20-55-22-35)38(13-42(46)50)23-56-48(31(3)58)49(59)60)7-5-9-40(29)41-10-6-8-37(30(41)2)28-64-47-16-45(39(24-57)14-43(47)51)62-25-34-11-32(17-52)19-54-21-34/h5-16,18-22,31,48,56-58H,23-28H2,1-4H3,(H,59,60)/b53-18+/t31-,48+/m1/s1. The zero-order chi connectivity index (χ0) is 45.8. The number of nitrogens with one attached hydrogen (secondary N) is 1. The lowest BCUT2D eigenvalue weighted by molar-refractivity contribution is -0.142. The topological polar surface area (TPSA) is 189 Å². The van der Waals surface area contributed by atoms with Gasteiger partial charge in [-0.2, -0.15) is 5.26 Å². The molecule has 0 aliphatic heterocycles. The zero-order valence-corrected chi connectivity index (χ0v) is 37.2. The van der Waals surface area contributed by atoms with E-state index in [0.29, 0.717) is 55.3 Å². The van der Waals surface area contributed by atoms with Gasteiger partial charge in [-0.15, -0.1) is 0 Å². The Labute approximate surface area is 381 Å². The molecule has 0 aliphatic rings. The summed E-state index contributed by atoms with van der Waals surface area (Å²) in [4.78, 5) is 24.2. The Hall–Kier alpha value is -6.53. The summed E-state index contributed by atoms with van der Waals surface area (Å²) < 4.78 is 24.9. The molecule has 0 spiro atoms. The first kappa shape index (κ1) is 47.0. The second-order valence-corrected chi connectivity index (χ2v) is 15.7. The molecule has 0 unspecified atom stereocenters. The first-order valence-corrected chi connectivity index (χ1v) is 20.9. The molecule has 2 aromatic heterocycles. The largest absolute Gasteiger partial charge is 0.488 e. The maximum Gasteiger partial charge on any atom is 0.323 e. The molecular formula is C49H47Cl2N5O8. The maximum atomic E-state index is 11.8. The van der Waals surface area contributed by atoms with Gasteiger partial charge in [0.15, 0.2) is 0 Å². The van der Waals surface area contributed by atoms with Crippen molar-refractivity contribution in [2.45, 2.75) is 72.5 Å². The molecule has 330 valence electrons. The van der Waals surface area contributed by atoms with E-state index < -0.39 is 18.1 Å². The summed E-state index contributed by atoms with van der Waals surface area (Å²) in [6.07, 6.45) is 7.00. The van der Waals surface area contributed by atoms with Gasteiger partial charge in [-0.1, -0.05) is 59.6 Å². The van der Waals surface area contributed by atoms with Crippen LogP contribution in [0.4, 0.5) is 0 Å². The second-order valence-electron chi connectivity index (χ2n) is 14.9. The lowest BCUT2D eigenvalue weighted by Gasteiger charge is -2.20. The van der Waals surface area contributed by atoms with Crippen LogP contribution in [0.3, 0.4) is 0 Å². The van der Waals surface area contributed by atoms with E-state index in [0.717, 1.165) is 44.5 Å². The van der Waals surface area contributed by atoms with E-state index in [9.17, 15) is 25.4 Å². The molecule has 0 saturated carbocycles. The predicted molar refractivity (Wildman–Crippen MR) is 244 cm³/mol. The third kappa shape index (κ3) is 11.9. The number of carboxylic acids is 1. The van der Waals surface area contributed by atoms with E-state index in [-0.39, 0.29) is 39.6 Å². The zero-order valence-electron chi connectivity index (χ0n) is 35.6. The number of halogens is 2. The number of aliphatic hydroxyl groups is 2. The van der Waals surface area contributed by atoms with Crippen molar-refractivity contribution in [2.75, 3.05) is 7.05 Å². The van der Waals surface area contributed by atoms with Gasteiger partial charge in [-0.3, -0.25) is 25.1 Å². The number of hydrogen-bond acceptors (Lipinski definition) is 12. The fourth-order valence-corrected chi connectivity index (χ4v) is 7.40. The highest BCUT2D eigenvalue weighted by molar-refractivity contribution is 6.32. The molecule has 6 rings (SSSR count). The first-order chi connectivity index (χ1) is 30.9. The number of carbonyl (C=O) groups is 1. The Kier molecular flexibility index (Phi) is 16.3. The fraction of sp³-hybridized carbons (Fsp3) is 0.245. The van der Waals surface area contributed by atoms with Gasteiger partial charge in [0.1, 0.15) is 61.5 Å². The van der Waals surface area contributed by atoms with Crippen molar-refractivity contribution in [3.05, 3.63) is 163 Å². The van der Waals surface area contributed by atoms with Crippen LogP contribution in [0.15, 0.2) is 103 Å². The van der Waals surface area contributed by atoms with Crippen molar-refractivity contribution in [3.8, 4) is 40.2 Å². The van der Waals surface area contributed by atoms with Gasteiger partial charge in [0.2, 0.25) is 0 Å². The average Bonchev–Trinajstić information content (AvgIpc) is 3.28. The van der Waals surface area contributed by atoms with Gasteiger partial charge in [-0.25, -0.2) is 0 Å². The summed E-state index contributed by atoms with van der Waals surface area (Å²) in [6.45, 7) is 5.86. The van der Waals surface area contributed by atoms with E-state index in [2.05, 4.69) is 38.5 Å². The van der Waals surface area contributed by atoms with Crippen LogP contribution in [0.5, 0.6) is 23.0 Å². The first-order valence-electron chi connectivity index (χ1n) is 20.2. The molecule has 0 bridgehead atoms. The van der Waals surface area contributed by atoms with Crippen molar-refractivity contribution in [3.63, 3.8) is 0 Å². The van der Waals surface area contributed by atoms with Crippen LogP contribution >= 0.6 is 23.2 Å². The molecule has 0 fully saturated rings. The number of aromatic nitrogens is 2. The highest BCUT2D eigenvalue weighted by atomic mass is 35.5. The number of rotatable bonds is 20. The molecule has 0 aliphatic carbocycles. The molecule has 2 atom stereocenters. The van der Waals surface area contributed by atoms with E-state index in [4.69, 9.17) is 42.1 Å². The Morgan fingerprint density at radius 1 is 0.766 bits per heavy atom. The van der Waals surface area contributed by atoms with Crippen molar-refractivity contribution < 1.29 is 39.1 Å². The molecule has 2 heterocycles. The number of hydrogen-bond donors (Lipinski definition) is 4. The van der Waals surface area contributed by atoms with E-state index >= 15 is 0 Å². The normalized spacial score (nSPS) is 12.1. The van der Waals surface area contributed by atoms with Crippen LogP contribution < -0.4 is 24.3 Å². The summed E-state index contributed by atoms with van der Waals surface area (Å²) in [5, 5.41) is 42.4. The van der Waals surface area contributed by atoms with Crippen LogP contribution in [0, 0.1) is 25.2 Å². The Morgan fingerprint density at radius 3 is 1.83 bits per heavy atom. The minimum atomic E-state index is -1.22. The van der Waals surface area contributed by atoms with Crippen molar-refractivity contribution in [1.82, 2.24) is 15.3 Å². The van der Waals surface area contributed by atoms with Crippen molar-refractivity contribution in [2.24, 2.45) is 4.99 Å². The minimum Gasteiger partial charge on any atom is -0.488 e. The number of ether oxygens (including phenoxy) is 4. The number of carboxylic acid groups (broad SMARTS) is 1. The average molecular weight is 905 g/mol. The Balaban J connectivity index is 1.19. The van der Waals surface area contributed by atoms with Crippen LogP contribution in [-0.4, -0.2) is 56.7 Å². The lowest BCUT2D eigenvalue weighted by atomic mass is 9.92. The molecule has 4 N–H and O–H groups in total. The fourth-order valence-electron chi connectivity index (χ4n) is 6.92. The molecule has 0 saturated heterocycles. The highest BCUT2D eigenvalue weighted by Crippen LogP contribution is 2.37. The lowest BCUT2D eigenvalue weighted by Crippen LogP contribution is -2.44. The third-order valence-electron chi connectivity index (χ3n) is 10.4. The number of nitriles is 1.